The molecule has 0 aliphatic rings. The highest BCUT2D eigenvalue weighted by Crippen LogP contribution is 2.31. The molecular formula is C19H21NO5. The average molecular weight is 343 g/mol. The van der Waals surface area contributed by atoms with Crippen molar-refractivity contribution in [1.82, 2.24) is 5.32 Å². The quantitative estimate of drug-likeness (QED) is 0.807. The van der Waals surface area contributed by atoms with E-state index in [4.69, 9.17) is 9.47 Å². The lowest BCUT2D eigenvalue weighted by molar-refractivity contribution is -0.142. The predicted octanol–water partition coefficient (Wildman–Crippen LogP) is 2.90. The van der Waals surface area contributed by atoms with Crippen LogP contribution >= 0.6 is 0 Å². The molecule has 132 valence electrons. The van der Waals surface area contributed by atoms with Gasteiger partial charge in [-0.2, -0.15) is 0 Å². The fourth-order valence-corrected chi connectivity index (χ4v) is 2.58. The topological polar surface area (TPSA) is 84.9 Å². The number of para-hydroxylation sites is 1. The van der Waals surface area contributed by atoms with Crippen LogP contribution in [0.4, 0.5) is 0 Å². The summed E-state index contributed by atoms with van der Waals surface area (Å²) < 4.78 is 10.5. The van der Waals surface area contributed by atoms with Gasteiger partial charge in [-0.25, -0.2) is 0 Å². The number of methoxy groups -OCH3 is 2. The van der Waals surface area contributed by atoms with E-state index in [-0.39, 0.29) is 5.56 Å². The van der Waals surface area contributed by atoms with Crippen molar-refractivity contribution in [2.24, 2.45) is 5.92 Å². The normalized spacial score (nSPS) is 12.8. The number of aliphatic carboxylic acids is 1. The molecule has 0 aliphatic carbocycles. The van der Waals surface area contributed by atoms with Crippen molar-refractivity contribution in [3.8, 4) is 11.5 Å². The Labute approximate surface area is 146 Å². The molecule has 0 saturated carbocycles. The standard InChI is InChI=1S/C19H21NO5/c1-12(19(22)23)16(13-8-5-4-6-9-13)20-18(21)14-10-7-11-15(24-2)17(14)25-3/h4-12,16H,1-3H3,(H,20,21)(H,22,23). The van der Waals surface area contributed by atoms with Crippen LogP contribution in [0.1, 0.15) is 28.9 Å². The largest absolute Gasteiger partial charge is 0.493 e. The third-order valence-electron chi connectivity index (χ3n) is 3.98. The van der Waals surface area contributed by atoms with Gasteiger partial charge in [-0.3, -0.25) is 9.59 Å². The smallest absolute Gasteiger partial charge is 0.308 e. The van der Waals surface area contributed by atoms with Crippen molar-refractivity contribution < 1.29 is 24.2 Å². The van der Waals surface area contributed by atoms with Gasteiger partial charge in [0.05, 0.1) is 31.7 Å². The first-order valence-corrected chi connectivity index (χ1v) is 7.79. The average Bonchev–Trinajstić information content (AvgIpc) is 2.65. The molecule has 2 aromatic carbocycles. The van der Waals surface area contributed by atoms with Crippen LogP contribution < -0.4 is 14.8 Å². The highest BCUT2D eigenvalue weighted by molar-refractivity contribution is 5.98. The molecule has 1 amide bonds. The lowest BCUT2D eigenvalue weighted by atomic mass is 9.94. The maximum absolute atomic E-state index is 12.8. The monoisotopic (exact) mass is 343 g/mol. The summed E-state index contributed by atoms with van der Waals surface area (Å²) in [6.45, 7) is 1.56. The summed E-state index contributed by atoms with van der Waals surface area (Å²) in [7, 11) is 2.93. The van der Waals surface area contributed by atoms with Crippen LogP contribution in [0.25, 0.3) is 0 Å². The highest BCUT2D eigenvalue weighted by Gasteiger charge is 2.28. The number of hydrogen-bond donors (Lipinski definition) is 2. The van der Waals surface area contributed by atoms with E-state index in [0.29, 0.717) is 17.1 Å². The number of benzene rings is 2. The summed E-state index contributed by atoms with van der Waals surface area (Å²) in [5, 5.41) is 12.2. The van der Waals surface area contributed by atoms with E-state index < -0.39 is 23.8 Å². The second kappa shape index (κ2) is 8.19. The molecule has 0 bridgehead atoms. The molecular weight excluding hydrogens is 322 g/mol. The predicted molar refractivity (Wildman–Crippen MR) is 93.0 cm³/mol. The number of carbonyl (C=O) groups excluding carboxylic acids is 1. The molecule has 25 heavy (non-hydrogen) atoms. The molecule has 6 heteroatoms. The van der Waals surface area contributed by atoms with E-state index in [9.17, 15) is 14.7 Å². The SMILES string of the molecule is COc1cccc(C(=O)NC(c2ccccc2)C(C)C(=O)O)c1OC. The molecule has 6 nitrogen and oxygen atoms in total. The summed E-state index contributed by atoms with van der Waals surface area (Å²) in [4.78, 5) is 24.2. The Balaban J connectivity index is 2.36. The van der Waals surface area contributed by atoms with Crippen LogP contribution in [0.2, 0.25) is 0 Å². The summed E-state index contributed by atoms with van der Waals surface area (Å²) in [5.41, 5.74) is 0.994. The Morgan fingerprint density at radius 1 is 1.00 bits per heavy atom. The van der Waals surface area contributed by atoms with Gasteiger partial charge in [0.2, 0.25) is 0 Å². The van der Waals surface area contributed by atoms with Gasteiger partial charge >= 0.3 is 5.97 Å². The molecule has 2 unspecified atom stereocenters. The summed E-state index contributed by atoms with van der Waals surface area (Å²) in [5.74, 6) is -1.50. The van der Waals surface area contributed by atoms with E-state index in [2.05, 4.69) is 5.32 Å². The zero-order valence-electron chi connectivity index (χ0n) is 14.4. The Hall–Kier alpha value is -3.02. The van der Waals surface area contributed by atoms with Crippen molar-refractivity contribution in [3.05, 3.63) is 59.7 Å². The van der Waals surface area contributed by atoms with E-state index in [1.807, 2.05) is 6.07 Å². The van der Waals surface area contributed by atoms with Crippen molar-refractivity contribution in [1.29, 1.82) is 0 Å². The van der Waals surface area contributed by atoms with Gasteiger partial charge in [0.25, 0.3) is 5.91 Å². The Kier molecular flexibility index (Phi) is 6.00. The fraction of sp³-hybridized carbons (Fsp3) is 0.263. The molecule has 2 rings (SSSR count). The van der Waals surface area contributed by atoms with Crippen LogP contribution in [0.5, 0.6) is 11.5 Å². The Morgan fingerprint density at radius 2 is 1.68 bits per heavy atom. The van der Waals surface area contributed by atoms with Gasteiger partial charge < -0.3 is 19.9 Å². The van der Waals surface area contributed by atoms with Crippen LogP contribution in [0.15, 0.2) is 48.5 Å². The molecule has 2 aromatic rings. The number of carboxylic acids is 1. The number of nitrogens with one attached hydrogen (secondary N) is 1. The number of hydrogen-bond acceptors (Lipinski definition) is 4. The minimum atomic E-state index is -0.994. The number of amides is 1. The van der Waals surface area contributed by atoms with Crippen molar-refractivity contribution in [2.75, 3.05) is 14.2 Å². The number of ether oxygens (including phenoxy) is 2. The Morgan fingerprint density at radius 3 is 2.24 bits per heavy atom. The van der Waals surface area contributed by atoms with Gasteiger partial charge in [0, 0.05) is 0 Å². The van der Waals surface area contributed by atoms with E-state index in [1.165, 1.54) is 14.2 Å². The minimum absolute atomic E-state index is 0.278. The highest BCUT2D eigenvalue weighted by atomic mass is 16.5. The van der Waals surface area contributed by atoms with Crippen LogP contribution in [-0.2, 0) is 4.79 Å². The summed E-state index contributed by atoms with van der Waals surface area (Å²) in [6.07, 6.45) is 0. The first-order chi connectivity index (χ1) is 12.0. The van der Waals surface area contributed by atoms with Gasteiger partial charge in [-0.15, -0.1) is 0 Å². The molecule has 0 saturated heterocycles. The van der Waals surface area contributed by atoms with Crippen LogP contribution in [0, 0.1) is 5.92 Å². The van der Waals surface area contributed by atoms with Gasteiger partial charge in [-0.05, 0) is 24.6 Å². The Bertz CT molecular complexity index is 745. The molecule has 0 aromatic heterocycles. The third-order valence-corrected chi connectivity index (χ3v) is 3.98. The fourth-order valence-electron chi connectivity index (χ4n) is 2.58. The van der Waals surface area contributed by atoms with E-state index in [0.717, 1.165) is 0 Å². The maximum atomic E-state index is 12.8. The third kappa shape index (κ3) is 4.09. The van der Waals surface area contributed by atoms with Gasteiger partial charge in [0.1, 0.15) is 0 Å². The molecule has 0 radical (unpaired) electrons. The summed E-state index contributed by atoms with van der Waals surface area (Å²) >= 11 is 0. The molecule has 0 aliphatic heterocycles. The number of rotatable bonds is 7. The molecule has 2 atom stereocenters. The molecule has 0 spiro atoms. The molecule has 0 heterocycles. The van der Waals surface area contributed by atoms with E-state index in [1.54, 1.807) is 49.4 Å². The summed E-state index contributed by atoms with van der Waals surface area (Å²) in [6, 6.07) is 13.3. The van der Waals surface area contributed by atoms with Crippen molar-refractivity contribution in [3.63, 3.8) is 0 Å². The van der Waals surface area contributed by atoms with Crippen molar-refractivity contribution >= 4 is 11.9 Å². The minimum Gasteiger partial charge on any atom is -0.493 e. The van der Waals surface area contributed by atoms with Crippen molar-refractivity contribution in [2.45, 2.75) is 13.0 Å². The number of carbonyl (C=O) groups is 2. The number of carboxylic acid groups (broad SMARTS) is 1. The second-order valence-electron chi connectivity index (χ2n) is 5.53. The zero-order valence-corrected chi connectivity index (χ0v) is 14.4. The van der Waals surface area contributed by atoms with Gasteiger partial charge in [0.15, 0.2) is 11.5 Å². The van der Waals surface area contributed by atoms with Gasteiger partial charge in [-0.1, -0.05) is 36.4 Å². The lowest BCUT2D eigenvalue weighted by Gasteiger charge is -2.23. The van der Waals surface area contributed by atoms with Crippen LogP contribution in [0.3, 0.4) is 0 Å². The first kappa shape index (κ1) is 18.3. The van der Waals surface area contributed by atoms with Crippen LogP contribution in [-0.4, -0.2) is 31.2 Å². The van der Waals surface area contributed by atoms with E-state index >= 15 is 0 Å². The molecule has 2 N–H and O–H groups in total. The lowest BCUT2D eigenvalue weighted by Crippen LogP contribution is -2.35. The zero-order chi connectivity index (χ0) is 18.4. The molecule has 0 fully saturated rings. The maximum Gasteiger partial charge on any atom is 0.308 e. The first-order valence-electron chi connectivity index (χ1n) is 7.79. The second-order valence-corrected chi connectivity index (χ2v) is 5.53.